The van der Waals surface area contributed by atoms with Crippen molar-refractivity contribution in [2.75, 3.05) is 17.3 Å². The van der Waals surface area contributed by atoms with Crippen LogP contribution >= 0.6 is 0 Å². The minimum Gasteiger partial charge on any atom is -0.504 e. The molecule has 0 saturated heterocycles. The quantitative estimate of drug-likeness (QED) is 0.604. The standard InChI is InChI=1S/C21H22N2O6S/c1-30(28,29)11-16(13-7-8-17(24)18(25)9-13)23-10-14-3-2-4-15(19(14)21(23)27)22-20(26)12-5-6-12/h2-4,7-9,12,16,24-25H,5-6,10-11H2,1H3,(H,22,26)/t16-/m1/s1. The zero-order valence-corrected chi connectivity index (χ0v) is 17.1. The smallest absolute Gasteiger partial charge is 0.257 e. The summed E-state index contributed by atoms with van der Waals surface area (Å²) >= 11 is 0. The number of fused-ring (bicyclic) bond motifs is 1. The maximum absolute atomic E-state index is 13.3. The molecule has 1 aliphatic carbocycles. The van der Waals surface area contributed by atoms with Crippen LogP contribution in [0.5, 0.6) is 11.5 Å². The van der Waals surface area contributed by atoms with E-state index in [1.807, 2.05) is 0 Å². The van der Waals surface area contributed by atoms with Gasteiger partial charge in [0.15, 0.2) is 11.5 Å². The van der Waals surface area contributed by atoms with E-state index in [4.69, 9.17) is 0 Å². The molecule has 158 valence electrons. The summed E-state index contributed by atoms with van der Waals surface area (Å²) in [6.07, 6.45) is 2.75. The number of rotatable bonds is 6. The Kier molecular flexibility index (Phi) is 4.93. The zero-order chi connectivity index (χ0) is 21.6. The summed E-state index contributed by atoms with van der Waals surface area (Å²) in [5.41, 5.74) is 1.85. The van der Waals surface area contributed by atoms with Crippen molar-refractivity contribution >= 4 is 27.3 Å². The van der Waals surface area contributed by atoms with Crippen LogP contribution in [0, 0.1) is 5.92 Å². The van der Waals surface area contributed by atoms with E-state index in [0.29, 0.717) is 22.4 Å². The van der Waals surface area contributed by atoms with Gasteiger partial charge in [-0.25, -0.2) is 8.42 Å². The van der Waals surface area contributed by atoms with E-state index in [0.717, 1.165) is 19.1 Å². The van der Waals surface area contributed by atoms with Gasteiger partial charge in [-0.05, 0) is 42.2 Å². The monoisotopic (exact) mass is 430 g/mol. The number of anilines is 1. The second kappa shape index (κ2) is 7.32. The van der Waals surface area contributed by atoms with Crippen molar-refractivity contribution in [1.82, 2.24) is 4.90 Å². The van der Waals surface area contributed by atoms with Crippen LogP contribution in [0.3, 0.4) is 0 Å². The lowest BCUT2D eigenvalue weighted by molar-refractivity contribution is -0.117. The number of phenolic OH excluding ortho intramolecular Hbond substituents is 2. The third-order valence-corrected chi connectivity index (χ3v) is 6.31. The molecule has 1 fully saturated rings. The number of amides is 2. The average molecular weight is 430 g/mol. The van der Waals surface area contributed by atoms with E-state index >= 15 is 0 Å². The van der Waals surface area contributed by atoms with Crippen LogP contribution in [0.25, 0.3) is 0 Å². The predicted octanol–water partition coefficient (Wildman–Crippen LogP) is 2.19. The van der Waals surface area contributed by atoms with E-state index in [1.54, 1.807) is 18.2 Å². The minimum atomic E-state index is -3.48. The Bertz CT molecular complexity index is 1140. The van der Waals surface area contributed by atoms with Gasteiger partial charge in [0.05, 0.1) is 23.0 Å². The fourth-order valence-electron chi connectivity index (χ4n) is 3.72. The number of carbonyl (C=O) groups excluding carboxylic acids is 2. The summed E-state index contributed by atoms with van der Waals surface area (Å²) in [6, 6.07) is 8.32. The van der Waals surface area contributed by atoms with E-state index in [2.05, 4.69) is 5.32 Å². The molecule has 4 rings (SSSR count). The van der Waals surface area contributed by atoms with Crippen molar-refractivity contribution < 1.29 is 28.2 Å². The number of nitrogens with one attached hydrogen (secondary N) is 1. The molecular formula is C21H22N2O6S. The van der Waals surface area contributed by atoms with Crippen LogP contribution < -0.4 is 5.32 Å². The largest absolute Gasteiger partial charge is 0.504 e. The Morgan fingerprint density at radius 2 is 1.93 bits per heavy atom. The Hall–Kier alpha value is -3.07. The summed E-state index contributed by atoms with van der Waals surface area (Å²) < 4.78 is 24.2. The fraction of sp³-hybridized carbons (Fsp3) is 0.333. The molecule has 1 aliphatic heterocycles. The van der Waals surface area contributed by atoms with E-state index in [1.165, 1.54) is 23.1 Å². The molecule has 0 radical (unpaired) electrons. The summed E-state index contributed by atoms with van der Waals surface area (Å²) in [4.78, 5) is 26.9. The van der Waals surface area contributed by atoms with Gasteiger partial charge in [-0.1, -0.05) is 18.2 Å². The second-order valence-corrected chi connectivity index (χ2v) is 10.1. The van der Waals surface area contributed by atoms with E-state index in [9.17, 15) is 28.2 Å². The first-order valence-electron chi connectivity index (χ1n) is 9.57. The van der Waals surface area contributed by atoms with Crippen molar-refractivity contribution in [3.05, 3.63) is 53.1 Å². The number of sulfone groups is 1. The lowest BCUT2D eigenvalue weighted by Gasteiger charge is -2.28. The van der Waals surface area contributed by atoms with Crippen molar-refractivity contribution in [1.29, 1.82) is 0 Å². The summed E-state index contributed by atoms with van der Waals surface area (Å²) in [6.45, 7) is 0.170. The van der Waals surface area contributed by atoms with Gasteiger partial charge in [0, 0.05) is 18.7 Å². The molecule has 8 nitrogen and oxygen atoms in total. The van der Waals surface area contributed by atoms with Crippen LogP contribution in [0.4, 0.5) is 5.69 Å². The molecule has 1 atom stereocenters. The minimum absolute atomic E-state index is 0.0218. The first kappa shape index (κ1) is 20.2. The topological polar surface area (TPSA) is 124 Å². The Balaban J connectivity index is 1.70. The lowest BCUT2D eigenvalue weighted by Crippen LogP contribution is -2.34. The van der Waals surface area contributed by atoms with Gasteiger partial charge >= 0.3 is 0 Å². The summed E-state index contributed by atoms with van der Waals surface area (Å²) in [7, 11) is -3.48. The molecule has 30 heavy (non-hydrogen) atoms. The third-order valence-electron chi connectivity index (χ3n) is 5.39. The van der Waals surface area contributed by atoms with Gasteiger partial charge in [-0.2, -0.15) is 0 Å². The third kappa shape index (κ3) is 3.97. The van der Waals surface area contributed by atoms with Crippen LogP contribution in [0.1, 0.15) is 40.4 Å². The van der Waals surface area contributed by atoms with Gasteiger partial charge in [0.2, 0.25) is 5.91 Å². The van der Waals surface area contributed by atoms with E-state index in [-0.39, 0.29) is 29.9 Å². The molecular weight excluding hydrogens is 408 g/mol. The van der Waals surface area contributed by atoms with Crippen molar-refractivity contribution in [3.63, 3.8) is 0 Å². The molecule has 2 aromatic carbocycles. The summed E-state index contributed by atoms with van der Waals surface area (Å²) in [5.74, 6) is -1.61. The molecule has 1 heterocycles. The number of benzene rings is 2. The number of aromatic hydroxyl groups is 2. The maximum Gasteiger partial charge on any atom is 0.257 e. The van der Waals surface area contributed by atoms with E-state index < -0.39 is 27.5 Å². The molecule has 2 aliphatic rings. The highest BCUT2D eigenvalue weighted by atomic mass is 32.2. The first-order chi connectivity index (χ1) is 14.1. The van der Waals surface area contributed by atoms with Gasteiger partial charge in [0.1, 0.15) is 9.84 Å². The number of carbonyl (C=O) groups is 2. The Labute approximate surface area is 174 Å². The van der Waals surface area contributed by atoms with Crippen molar-refractivity contribution in [2.24, 2.45) is 5.92 Å². The van der Waals surface area contributed by atoms with Crippen molar-refractivity contribution in [2.45, 2.75) is 25.4 Å². The van der Waals surface area contributed by atoms with Gasteiger partial charge in [-0.3, -0.25) is 9.59 Å². The zero-order valence-electron chi connectivity index (χ0n) is 16.3. The van der Waals surface area contributed by atoms with Gasteiger partial charge in [0.25, 0.3) is 5.91 Å². The Morgan fingerprint density at radius 1 is 1.20 bits per heavy atom. The molecule has 0 bridgehead atoms. The summed E-state index contributed by atoms with van der Waals surface area (Å²) in [5, 5.41) is 22.3. The number of hydrogen-bond donors (Lipinski definition) is 3. The van der Waals surface area contributed by atoms with Crippen LogP contribution in [0.15, 0.2) is 36.4 Å². The predicted molar refractivity (Wildman–Crippen MR) is 110 cm³/mol. The first-order valence-corrected chi connectivity index (χ1v) is 11.6. The highest BCUT2D eigenvalue weighted by Gasteiger charge is 2.38. The second-order valence-electron chi connectivity index (χ2n) is 7.89. The molecule has 0 aromatic heterocycles. The fourth-order valence-corrected chi connectivity index (χ4v) is 4.67. The SMILES string of the molecule is CS(=O)(=O)C[C@H](c1ccc(O)c(O)c1)N1Cc2cccc(NC(=O)C3CC3)c2C1=O. The lowest BCUT2D eigenvalue weighted by atomic mass is 10.1. The molecule has 9 heteroatoms. The van der Waals surface area contributed by atoms with Crippen LogP contribution in [0.2, 0.25) is 0 Å². The van der Waals surface area contributed by atoms with Gasteiger partial charge in [-0.15, -0.1) is 0 Å². The molecule has 1 saturated carbocycles. The average Bonchev–Trinajstić information content (AvgIpc) is 3.46. The number of hydrogen-bond acceptors (Lipinski definition) is 6. The molecule has 2 amide bonds. The van der Waals surface area contributed by atoms with Crippen LogP contribution in [-0.4, -0.2) is 47.4 Å². The molecule has 3 N–H and O–H groups in total. The Morgan fingerprint density at radius 3 is 2.57 bits per heavy atom. The molecule has 2 aromatic rings. The number of phenols is 2. The van der Waals surface area contributed by atoms with Gasteiger partial charge < -0.3 is 20.4 Å². The highest BCUT2D eigenvalue weighted by molar-refractivity contribution is 7.90. The normalized spacial score (nSPS) is 17.0. The molecule has 0 unspecified atom stereocenters. The van der Waals surface area contributed by atoms with Crippen LogP contribution in [-0.2, 0) is 21.2 Å². The highest BCUT2D eigenvalue weighted by Crippen LogP contribution is 2.38. The molecule has 0 spiro atoms. The number of nitrogens with zero attached hydrogens (tertiary/aromatic N) is 1. The van der Waals surface area contributed by atoms with Crippen molar-refractivity contribution in [3.8, 4) is 11.5 Å². The maximum atomic E-state index is 13.3.